The van der Waals surface area contributed by atoms with E-state index in [0.29, 0.717) is 0 Å². The Kier molecular flexibility index (Phi) is 10.2. The van der Waals surface area contributed by atoms with Crippen LogP contribution >= 0.6 is 0 Å². The summed E-state index contributed by atoms with van der Waals surface area (Å²) in [6, 6.07) is 54.5. The zero-order chi connectivity index (χ0) is 46.8. The molecule has 2 aliphatic carbocycles. The van der Waals surface area contributed by atoms with Crippen LogP contribution in [0, 0.1) is 0 Å². The highest BCUT2D eigenvalue weighted by molar-refractivity contribution is 5.96. The summed E-state index contributed by atoms with van der Waals surface area (Å²) < 4.78 is 0. The van der Waals surface area contributed by atoms with Gasteiger partial charge in [-0.1, -0.05) is 214 Å². The molecule has 0 atom stereocenters. The average molecular weight is 854 g/mol. The molecule has 0 saturated heterocycles. The first-order valence-electron chi connectivity index (χ1n) is 24.0. The molecule has 0 fully saturated rings. The quantitative estimate of drug-likeness (QED) is 0.167. The zero-order valence-electron chi connectivity index (χ0n) is 42.2. The van der Waals surface area contributed by atoms with Crippen LogP contribution in [-0.2, 0) is 32.5 Å². The van der Waals surface area contributed by atoms with Crippen LogP contribution in [0.1, 0.15) is 155 Å². The topological polar surface area (TPSA) is 3.24 Å². The molecule has 2 aliphatic rings. The van der Waals surface area contributed by atoms with Gasteiger partial charge < -0.3 is 4.90 Å². The average Bonchev–Trinajstić information content (AvgIpc) is 3.61. The van der Waals surface area contributed by atoms with Crippen LogP contribution in [0.15, 0.2) is 140 Å². The minimum absolute atomic E-state index is 0.0111. The van der Waals surface area contributed by atoms with E-state index in [1.165, 1.54) is 106 Å². The van der Waals surface area contributed by atoms with Gasteiger partial charge in [0.25, 0.3) is 0 Å². The molecule has 65 heavy (non-hydrogen) atoms. The van der Waals surface area contributed by atoms with E-state index in [-0.39, 0.29) is 32.5 Å². The Balaban J connectivity index is 1.36. The lowest BCUT2D eigenvalue weighted by atomic mass is 9.79. The van der Waals surface area contributed by atoms with Crippen molar-refractivity contribution >= 4 is 17.1 Å². The molecular formula is C64H71N. The Morgan fingerprint density at radius 3 is 1.42 bits per heavy atom. The Bertz CT molecular complexity index is 2990. The molecule has 0 bridgehead atoms. The molecule has 332 valence electrons. The summed E-state index contributed by atoms with van der Waals surface area (Å²) in [6.45, 7) is 37.6. The van der Waals surface area contributed by atoms with E-state index < -0.39 is 0 Å². The summed E-state index contributed by atoms with van der Waals surface area (Å²) in [5.74, 6) is 0. The van der Waals surface area contributed by atoms with Gasteiger partial charge in [-0.25, -0.2) is 0 Å². The van der Waals surface area contributed by atoms with Crippen molar-refractivity contribution in [3.63, 3.8) is 0 Å². The van der Waals surface area contributed by atoms with Crippen molar-refractivity contribution in [2.75, 3.05) is 4.90 Å². The third-order valence-electron chi connectivity index (χ3n) is 14.9. The molecule has 1 nitrogen and oxygen atoms in total. The molecule has 0 saturated carbocycles. The van der Waals surface area contributed by atoms with Crippen molar-refractivity contribution in [1.82, 2.24) is 0 Å². The van der Waals surface area contributed by atoms with Gasteiger partial charge in [0, 0.05) is 27.8 Å². The highest BCUT2D eigenvalue weighted by Gasteiger charge is 2.40. The Labute approximate surface area is 392 Å². The fraction of sp³-hybridized carbons (Fsp3) is 0.344. The molecule has 9 rings (SSSR count). The largest absolute Gasteiger partial charge is 0.310 e. The van der Waals surface area contributed by atoms with Crippen LogP contribution in [0.3, 0.4) is 0 Å². The second-order valence-corrected chi connectivity index (χ2v) is 24.4. The molecule has 0 aromatic heterocycles. The van der Waals surface area contributed by atoms with Gasteiger partial charge in [-0.05, 0) is 142 Å². The lowest BCUT2D eigenvalue weighted by Crippen LogP contribution is -2.19. The number of hydrogen-bond donors (Lipinski definition) is 0. The summed E-state index contributed by atoms with van der Waals surface area (Å²) in [5, 5.41) is 0. The maximum atomic E-state index is 2.60. The molecule has 0 spiro atoms. The Morgan fingerprint density at radius 2 is 0.815 bits per heavy atom. The van der Waals surface area contributed by atoms with Crippen molar-refractivity contribution in [3.05, 3.63) is 184 Å². The molecule has 7 aromatic rings. The SMILES string of the molecule is CC(C)(C)c1ccc(-c2ccc(C(C)(C)C)cc2-c2ccc(C(C)(C)C)cc2N(c2ccc3c(c2)C(C)(C)c2ccccc2-3)c2ccc3c(c2)C(C)(C)c2cccc(C(C)(C)C)c2-3)cc1. The Morgan fingerprint density at radius 1 is 0.338 bits per heavy atom. The molecule has 7 aromatic carbocycles. The number of rotatable bonds is 5. The highest BCUT2D eigenvalue weighted by Crippen LogP contribution is 2.56. The van der Waals surface area contributed by atoms with Crippen LogP contribution in [-0.4, -0.2) is 0 Å². The minimum atomic E-state index is -0.182. The third-order valence-corrected chi connectivity index (χ3v) is 14.9. The fourth-order valence-electron chi connectivity index (χ4n) is 10.8. The fourth-order valence-corrected chi connectivity index (χ4v) is 10.8. The van der Waals surface area contributed by atoms with Crippen molar-refractivity contribution in [3.8, 4) is 44.5 Å². The number of fused-ring (bicyclic) bond motifs is 6. The van der Waals surface area contributed by atoms with Gasteiger partial charge in [-0.2, -0.15) is 0 Å². The maximum Gasteiger partial charge on any atom is 0.0543 e. The van der Waals surface area contributed by atoms with E-state index in [1.54, 1.807) is 0 Å². The van der Waals surface area contributed by atoms with E-state index in [4.69, 9.17) is 0 Å². The first-order chi connectivity index (χ1) is 30.3. The summed E-state index contributed by atoms with van der Waals surface area (Å²) in [6.07, 6.45) is 0. The summed E-state index contributed by atoms with van der Waals surface area (Å²) >= 11 is 0. The van der Waals surface area contributed by atoms with E-state index in [1.807, 2.05) is 0 Å². The van der Waals surface area contributed by atoms with E-state index in [9.17, 15) is 0 Å². The molecule has 0 heterocycles. The van der Waals surface area contributed by atoms with Crippen molar-refractivity contribution in [1.29, 1.82) is 0 Å². The lowest BCUT2D eigenvalue weighted by molar-refractivity contribution is 0.589. The zero-order valence-corrected chi connectivity index (χ0v) is 42.2. The predicted molar refractivity (Wildman–Crippen MR) is 282 cm³/mol. The van der Waals surface area contributed by atoms with Crippen LogP contribution in [0.2, 0.25) is 0 Å². The molecule has 1 heteroatoms. The molecule has 0 amide bonds. The normalized spacial score (nSPS) is 15.0. The lowest BCUT2D eigenvalue weighted by Gasteiger charge is -2.33. The molecule has 0 aliphatic heterocycles. The molecule has 0 N–H and O–H groups in total. The van der Waals surface area contributed by atoms with Gasteiger partial charge in [0.15, 0.2) is 0 Å². The number of anilines is 3. The summed E-state index contributed by atoms with van der Waals surface area (Å²) in [5.41, 5.74) is 24.5. The molecular weight excluding hydrogens is 783 g/mol. The second-order valence-electron chi connectivity index (χ2n) is 24.4. The van der Waals surface area contributed by atoms with Gasteiger partial charge in [0.05, 0.1) is 5.69 Å². The van der Waals surface area contributed by atoms with Crippen LogP contribution in [0.5, 0.6) is 0 Å². The number of nitrogens with zero attached hydrogens (tertiary/aromatic N) is 1. The monoisotopic (exact) mass is 854 g/mol. The van der Waals surface area contributed by atoms with E-state index in [2.05, 4.69) is 255 Å². The van der Waals surface area contributed by atoms with Crippen molar-refractivity contribution in [2.45, 2.75) is 143 Å². The van der Waals surface area contributed by atoms with Gasteiger partial charge in [0.1, 0.15) is 0 Å². The number of hydrogen-bond acceptors (Lipinski definition) is 1. The third kappa shape index (κ3) is 7.48. The Hall–Kier alpha value is -5.66. The van der Waals surface area contributed by atoms with E-state index in [0.717, 1.165) is 0 Å². The maximum absolute atomic E-state index is 2.60. The van der Waals surface area contributed by atoms with Crippen LogP contribution in [0.4, 0.5) is 17.1 Å². The summed E-state index contributed by atoms with van der Waals surface area (Å²) in [4.78, 5) is 2.60. The van der Waals surface area contributed by atoms with Gasteiger partial charge in [0.2, 0.25) is 0 Å². The molecule has 0 radical (unpaired) electrons. The van der Waals surface area contributed by atoms with Crippen molar-refractivity contribution < 1.29 is 0 Å². The van der Waals surface area contributed by atoms with Crippen LogP contribution < -0.4 is 4.90 Å². The first kappa shape index (κ1) is 44.5. The van der Waals surface area contributed by atoms with Crippen molar-refractivity contribution in [2.24, 2.45) is 0 Å². The second kappa shape index (κ2) is 14.9. The van der Waals surface area contributed by atoms with Gasteiger partial charge in [-0.3, -0.25) is 0 Å². The number of benzene rings is 7. The standard InChI is InChI=1S/C64H71N/c1-59(2,3)41-26-24-40(25-27-41)46-32-28-42(60(4,5)6)36-51(46)49-33-29-43(61(7,8)9)37-57(49)65(44-30-34-48-47-20-17-18-21-52(47)63(13,14)55(48)38-44)45-31-35-50-56(39-45)64(15,16)54-23-19-22-53(58(50)54)62(10,11)12/h17-39H,1-16H3. The smallest absolute Gasteiger partial charge is 0.0543 e. The van der Waals surface area contributed by atoms with E-state index >= 15 is 0 Å². The predicted octanol–water partition coefficient (Wildman–Crippen LogP) is 18.3. The van der Waals surface area contributed by atoms with Gasteiger partial charge >= 0.3 is 0 Å². The molecule has 0 unspecified atom stereocenters. The minimum Gasteiger partial charge on any atom is -0.310 e. The van der Waals surface area contributed by atoms with Crippen LogP contribution in [0.25, 0.3) is 44.5 Å². The first-order valence-corrected chi connectivity index (χ1v) is 24.0. The highest BCUT2D eigenvalue weighted by atomic mass is 15.1. The van der Waals surface area contributed by atoms with Gasteiger partial charge in [-0.15, -0.1) is 0 Å². The summed E-state index contributed by atoms with van der Waals surface area (Å²) in [7, 11) is 0.